The average Bonchev–Trinajstić information content (AvgIpc) is 3.19. The lowest BCUT2D eigenvalue weighted by Gasteiger charge is -2.20. The molecule has 1 aromatic heterocycles. The Bertz CT molecular complexity index is 511. The zero-order valence-corrected chi connectivity index (χ0v) is 11.1. The van der Waals surface area contributed by atoms with E-state index < -0.39 is 5.92 Å². The van der Waals surface area contributed by atoms with Gasteiger partial charge in [0.2, 0.25) is 0 Å². The Hall–Kier alpha value is -1.03. The molecule has 3 aliphatic rings. The Morgan fingerprint density at radius 3 is 2.58 bits per heavy atom. The summed E-state index contributed by atoms with van der Waals surface area (Å²) in [5.41, 5.74) is 3.48. The van der Waals surface area contributed by atoms with Crippen LogP contribution in [0.4, 0.5) is 8.78 Å². The van der Waals surface area contributed by atoms with Gasteiger partial charge < -0.3 is 0 Å². The van der Waals surface area contributed by atoms with E-state index in [1.807, 2.05) is 6.92 Å². The van der Waals surface area contributed by atoms with Crippen LogP contribution in [0, 0.1) is 18.8 Å². The van der Waals surface area contributed by atoms with E-state index in [-0.39, 0.29) is 11.8 Å². The highest BCUT2D eigenvalue weighted by molar-refractivity contribution is 5.26. The van der Waals surface area contributed by atoms with Crippen LogP contribution in [0.2, 0.25) is 0 Å². The van der Waals surface area contributed by atoms with E-state index in [1.54, 1.807) is 0 Å². The minimum Gasteiger partial charge on any atom is -0.298 e. The summed E-state index contributed by atoms with van der Waals surface area (Å²) in [6.45, 7) is 3.92. The summed E-state index contributed by atoms with van der Waals surface area (Å²) < 4.78 is 26.3. The van der Waals surface area contributed by atoms with Crippen molar-refractivity contribution in [3.63, 3.8) is 0 Å². The average molecular weight is 264 g/mol. The Morgan fingerprint density at radius 1 is 1.26 bits per heavy atom. The van der Waals surface area contributed by atoms with Crippen LogP contribution in [0.25, 0.3) is 0 Å². The van der Waals surface area contributed by atoms with Gasteiger partial charge in [0.05, 0.1) is 0 Å². The smallest absolute Gasteiger partial charge is 0.257 e. The lowest BCUT2D eigenvalue weighted by molar-refractivity contribution is 0.0519. The number of aromatic nitrogens is 1. The number of hydrogen-bond acceptors (Lipinski definition) is 2. The van der Waals surface area contributed by atoms with Crippen molar-refractivity contribution in [2.75, 3.05) is 13.1 Å². The number of hydrogen-bond donors (Lipinski definition) is 0. The van der Waals surface area contributed by atoms with Crippen molar-refractivity contribution in [1.29, 1.82) is 0 Å². The van der Waals surface area contributed by atoms with Gasteiger partial charge in [-0.2, -0.15) is 0 Å². The first kappa shape index (κ1) is 11.8. The molecule has 1 aliphatic heterocycles. The van der Waals surface area contributed by atoms with E-state index in [9.17, 15) is 8.78 Å². The Labute approximate surface area is 111 Å². The van der Waals surface area contributed by atoms with Crippen molar-refractivity contribution in [3.05, 3.63) is 29.1 Å². The second-order valence-corrected chi connectivity index (χ2v) is 6.40. The molecule has 0 aromatic carbocycles. The normalized spacial score (nSPS) is 32.4. The van der Waals surface area contributed by atoms with Crippen molar-refractivity contribution in [1.82, 2.24) is 9.88 Å². The van der Waals surface area contributed by atoms with Gasteiger partial charge in [-0.1, -0.05) is 0 Å². The summed E-state index contributed by atoms with van der Waals surface area (Å²) in [6, 6.07) is 4.26. The van der Waals surface area contributed by atoms with Gasteiger partial charge in [-0.05, 0) is 37.5 Å². The molecule has 2 nitrogen and oxygen atoms in total. The zero-order valence-electron chi connectivity index (χ0n) is 11.1. The Kier molecular flexibility index (Phi) is 2.32. The number of likely N-dealkylation sites (tertiary alicyclic amines) is 1. The number of rotatable bonds is 3. The molecule has 1 aromatic rings. The SMILES string of the molecule is Cc1cc(CN2CC3C(C2)C3(F)F)cc(C2CC2)n1. The van der Waals surface area contributed by atoms with Gasteiger partial charge in [0.25, 0.3) is 5.92 Å². The number of pyridine rings is 1. The first-order valence-corrected chi connectivity index (χ1v) is 7.11. The molecule has 2 atom stereocenters. The number of nitrogens with zero attached hydrogens (tertiary/aromatic N) is 2. The lowest BCUT2D eigenvalue weighted by atomic mass is 10.1. The molecule has 0 bridgehead atoms. The topological polar surface area (TPSA) is 16.1 Å². The molecule has 4 heteroatoms. The molecule has 0 amide bonds. The molecule has 0 radical (unpaired) electrons. The van der Waals surface area contributed by atoms with E-state index in [0.29, 0.717) is 19.0 Å². The Balaban J connectivity index is 1.46. The van der Waals surface area contributed by atoms with E-state index in [4.69, 9.17) is 0 Å². The van der Waals surface area contributed by atoms with Crippen LogP contribution in [-0.2, 0) is 6.54 Å². The van der Waals surface area contributed by atoms with Gasteiger partial charge >= 0.3 is 0 Å². The van der Waals surface area contributed by atoms with Crippen molar-refractivity contribution in [2.24, 2.45) is 11.8 Å². The highest BCUT2D eigenvalue weighted by Crippen LogP contribution is 2.59. The van der Waals surface area contributed by atoms with E-state index in [2.05, 4.69) is 22.0 Å². The monoisotopic (exact) mass is 264 g/mol. The number of aryl methyl sites for hydroxylation is 1. The van der Waals surface area contributed by atoms with Gasteiger partial charge in [-0.15, -0.1) is 0 Å². The van der Waals surface area contributed by atoms with Crippen molar-refractivity contribution in [2.45, 2.75) is 38.2 Å². The molecular weight excluding hydrogens is 246 g/mol. The van der Waals surface area contributed by atoms with Crippen LogP contribution in [0.3, 0.4) is 0 Å². The van der Waals surface area contributed by atoms with Crippen LogP contribution >= 0.6 is 0 Å². The second-order valence-electron chi connectivity index (χ2n) is 6.40. The van der Waals surface area contributed by atoms with Gasteiger partial charge in [0, 0.05) is 48.8 Å². The van der Waals surface area contributed by atoms with Crippen molar-refractivity contribution < 1.29 is 8.78 Å². The summed E-state index contributed by atoms with van der Waals surface area (Å²) in [6.07, 6.45) is 2.49. The molecular formula is C15H18F2N2. The minimum atomic E-state index is -2.37. The molecule has 1 saturated heterocycles. The summed E-state index contributed by atoms with van der Waals surface area (Å²) in [5.74, 6) is -2.48. The molecule has 2 saturated carbocycles. The summed E-state index contributed by atoms with van der Waals surface area (Å²) in [4.78, 5) is 6.74. The van der Waals surface area contributed by atoms with Gasteiger partial charge in [0.15, 0.2) is 0 Å². The maximum atomic E-state index is 13.2. The first-order chi connectivity index (χ1) is 9.04. The van der Waals surface area contributed by atoms with E-state index in [0.717, 1.165) is 12.2 Å². The molecule has 3 fully saturated rings. The Morgan fingerprint density at radius 2 is 1.95 bits per heavy atom. The van der Waals surface area contributed by atoms with Gasteiger partial charge in [0.1, 0.15) is 0 Å². The van der Waals surface area contributed by atoms with Crippen LogP contribution < -0.4 is 0 Å². The molecule has 2 unspecified atom stereocenters. The number of halogens is 2. The van der Waals surface area contributed by atoms with Crippen molar-refractivity contribution in [3.8, 4) is 0 Å². The van der Waals surface area contributed by atoms with E-state index in [1.165, 1.54) is 24.1 Å². The third-order valence-corrected chi connectivity index (χ3v) is 4.71. The fourth-order valence-corrected chi connectivity index (χ4v) is 3.42. The third kappa shape index (κ3) is 1.97. The van der Waals surface area contributed by atoms with Crippen LogP contribution in [0.1, 0.15) is 35.7 Å². The molecule has 2 heterocycles. The van der Waals surface area contributed by atoms with Crippen LogP contribution in [0.15, 0.2) is 12.1 Å². The van der Waals surface area contributed by atoms with E-state index >= 15 is 0 Å². The quantitative estimate of drug-likeness (QED) is 0.834. The van der Waals surface area contributed by atoms with Gasteiger partial charge in [-0.25, -0.2) is 8.78 Å². The predicted molar refractivity (Wildman–Crippen MR) is 68.2 cm³/mol. The maximum Gasteiger partial charge on any atom is 0.257 e. The fourth-order valence-electron chi connectivity index (χ4n) is 3.42. The van der Waals surface area contributed by atoms with Crippen LogP contribution in [-0.4, -0.2) is 28.9 Å². The summed E-state index contributed by atoms with van der Waals surface area (Å²) in [5, 5.41) is 0. The molecule has 0 spiro atoms. The fraction of sp³-hybridized carbons (Fsp3) is 0.667. The molecule has 4 rings (SSSR count). The molecule has 102 valence electrons. The number of fused-ring (bicyclic) bond motifs is 1. The zero-order chi connectivity index (χ0) is 13.2. The third-order valence-electron chi connectivity index (χ3n) is 4.71. The predicted octanol–water partition coefficient (Wildman–Crippen LogP) is 2.96. The first-order valence-electron chi connectivity index (χ1n) is 7.11. The maximum absolute atomic E-state index is 13.2. The molecule has 19 heavy (non-hydrogen) atoms. The second kappa shape index (κ2) is 3.75. The lowest BCUT2D eigenvalue weighted by Crippen LogP contribution is -2.27. The highest BCUT2D eigenvalue weighted by atomic mass is 19.3. The minimum absolute atomic E-state index is 0.377. The number of alkyl halides is 2. The molecule has 2 aliphatic carbocycles. The molecule has 0 N–H and O–H groups in total. The van der Waals surface area contributed by atoms with Crippen molar-refractivity contribution >= 4 is 0 Å². The number of piperidine rings is 1. The standard InChI is InChI=1S/C15H18F2N2/c1-9-4-10(5-14(18-9)11-2-3-11)6-19-7-12-13(8-19)15(12,16)17/h4-5,11-13H,2-3,6-8H2,1H3. The largest absolute Gasteiger partial charge is 0.298 e. The van der Waals surface area contributed by atoms with Crippen LogP contribution in [0.5, 0.6) is 0 Å². The highest BCUT2D eigenvalue weighted by Gasteiger charge is 2.71. The summed E-state index contributed by atoms with van der Waals surface area (Å²) >= 11 is 0. The van der Waals surface area contributed by atoms with Gasteiger partial charge in [-0.3, -0.25) is 9.88 Å². The summed E-state index contributed by atoms with van der Waals surface area (Å²) in [7, 11) is 0.